The normalized spacial score (nSPS) is 12.0. The fourth-order valence-electron chi connectivity index (χ4n) is 1.99. The Balaban J connectivity index is 1.69. The molecule has 118 valence electrons. The number of thiazole rings is 1. The molecule has 3 rings (SSSR count). The number of carbonyl (C=O) groups is 1. The van der Waals surface area contributed by atoms with Gasteiger partial charge in [-0.2, -0.15) is 0 Å². The van der Waals surface area contributed by atoms with E-state index in [-0.39, 0.29) is 17.7 Å². The maximum Gasteiger partial charge on any atom is 0.231 e. The van der Waals surface area contributed by atoms with Gasteiger partial charge in [-0.05, 0) is 16.0 Å². The van der Waals surface area contributed by atoms with E-state index in [4.69, 9.17) is 0 Å². The fourth-order valence-corrected chi connectivity index (χ4v) is 3.36. The summed E-state index contributed by atoms with van der Waals surface area (Å²) in [7, 11) is 1.74. The summed E-state index contributed by atoms with van der Waals surface area (Å²) in [5.41, 5.74) is 1.00. The average Bonchev–Trinajstić information content (AvgIpc) is 3.23. The van der Waals surface area contributed by atoms with E-state index in [0.717, 1.165) is 10.6 Å². The van der Waals surface area contributed by atoms with Crippen LogP contribution in [0.1, 0.15) is 16.6 Å². The van der Waals surface area contributed by atoms with Crippen molar-refractivity contribution in [3.63, 3.8) is 0 Å². The van der Waals surface area contributed by atoms with Crippen molar-refractivity contribution < 1.29 is 4.79 Å². The molecule has 1 amide bonds. The smallest absolute Gasteiger partial charge is 0.231 e. The summed E-state index contributed by atoms with van der Waals surface area (Å²) in [5.74, 6) is 0.144. The number of hydrogen-bond donors (Lipinski definition) is 1. The maximum atomic E-state index is 12.3. The molecule has 9 heteroatoms. The maximum absolute atomic E-state index is 12.3. The SMILES string of the molecule is Cn1nnnc1SCC(=O)NC(c1ccccc1)c1nccs1. The molecule has 0 radical (unpaired) electrons. The van der Waals surface area contributed by atoms with Gasteiger partial charge in [-0.15, -0.1) is 16.4 Å². The van der Waals surface area contributed by atoms with Crippen LogP contribution in [0, 0.1) is 0 Å². The highest BCUT2D eigenvalue weighted by Crippen LogP contribution is 2.24. The number of amides is 1. The number of aromatic nitrogens is 5. The Morgan fingerprint density at radius 3 is 2.87 bits per heavy atom. The van der Waals surface area contributed by atoms with Crippen LogP contribution in [-0.4, -0.2) is 36.9 Å². The minimum atomic E-state index is -0.248. The first-order valence-corrected chi connectivity index (χ1v) is 8.69. The number of nitrogens with zero attached hydrogens (tertiary/aromatic N) is 5. The highest BCUT2D eigenvalue weighted by Gasteiger charge is 2.19. The zero-order valence-corrected chi connectivity index (χ0v) is 13.9. The van der Waals surface area contributed by atoms with Gasteiger partial charge in [-0.1, -0.05) is 42.1 Å². The quantitative estimate of drug-likeness (QED) is 0.683. The van der Waals surface area contributed by atoms with E-state index in [1.165, 1.54) is 27.8 Å². The van der Waals surface area contributed by atoms with E-state index in [1.807, 2.05) is 35.7 Å². The Hall–Kier alpha value is -2.26. The van der Waals surface area contributed by atoms with E-state index < -0.39 is 0 Å². The third-order valence-corrected chi connectivity index (χ3v) is 4.90. The lowest BCUT2D eigenvalue weighted by Crippen LogP contribution is -2.30. The predicted molar refractivity (Wildman–Crippen MR) is 88.1 cm³/mol. The first kappa shape index (κ1) is 15.6. The number of hydrogen-bond acceptors (Lipinski definition) is 7. The second-order valence-corrected chi connectivity index (χ2v) is 6.52. The van der Waals surface area contributed by atoms with Gasteiger partial charge in [0.05, 0.1) is 5.75 Å². The highest BCUT2D eigenvalue weighted by molar-refractivity contribution is 7.99. The summed E-state index contributed by atoms with van der Waals surface area (Å²) >= 11 is 2.81. The lowest BCUT2D eigenvalue weighted by molar-refractivity contribution is -0.119. The Bertz CT molecular complexity index is 759. The van der Waals surface area contributed by atoms with Crippen molar-refractivity contribution in [2.24, 2.45) is 7.05 Å². The van der Waals surface area contributed by atoms with E-state index in [9.17, 15) is 4.79 Å². The second-order valence-electron chi connectivity index (χ2n) is 4.66. The predicted octanol–water partition coefficient (Wildman–Crippen LogP) is 1.66. The molecule has 0 aliphatic rings. The highest BCUT2D eigenvalue weighted by atomic mass is 32.2. The van der Waals surface area contributed by atoms with Crippen molar-refractivity contribution in [3.8, 4) is 0 Å². The monoisotopic (exact) mass is 346 g/mol. The lowest BCUT2D eigenvalue weighted by atomic mass is 10.1. The van der Waals surface area contributed by atoms with E-state index in [0.29, 0.717) is 5.16 Å². The van der Waals surface area contributed by atoms with Crippen LogP contribution >= 0.6 is 23.1 Å². The Morgan fingerprint density at radius 1 is 1.39 bits per heavy atom. The van der Waals surface area contributed by atoms with Gasteiger partial charge in [-0.25, -0.2) is 9.67 Å². The Kier molecular flexibility index (Phi) is 4.99. The van der Waals surface area contributed by atoms with Gasteiger partial charge in [0, 0.05) is 18.6 Å². The van der Waals surface area contributed by atoms with Gasteiger partial charge in [-0.3, -0.25) is 4.79 Å². The van der Waals surface area contributed by atoms with Crippen LogP contribution in [0.15, 0.2) is 47.1 Å². The number of carbonyl (C=O) groups excluding carboxylic acids is 1. The number of tetrazole rings is 1. The minimum Gasteiger partial charge on any atom is -0.342 e. The zero-order chi connectivity index (χ0) is 16.1. The molecule has 2 heterocycles. The molecule has 0 fully saturated rings. The van der Waals surface area contributed by atoms with Crippen molar-refractivity contribution in [2.45, 2.75) is 11.2 Å². The van der Waals surface area contributed by atoms with Crippen molar-refractivity contribution in [1.82, 2.24) is 30.5 Å². The van der Waals surface area contributed by atoms with Gasteiger partial charge in [0.1, 0.15) is 11.0 Å². The molecule has 1 atom stereocenters. The van der Waals surface area contributed by atoms with Crippen molar-refractivity contribution in [3.05, 3.63) is 52.5 Å². The molecule has 2 aromatic heterocycles. The van der Waals surface area contributed by atoms with Gasteiger partial charge in [0.15, 0.2) is 0 Å². The zero-order valence-electron chi connectivity index (χ0n) is 12.3. The Morgan fingerprint density at radius 2 is 2.22 bits per heavy atom. The largest absolute Gasteiger partial charge is 0.342 e. The molecular weight excluding hydrogens is 332 g/mol. The molecular formula is C14H14N6OS2. The second kappa shape index (κ2) is 7.34. The first-order valence-electron chi connectivity index (χ1n) is 6.83. The molecule has 0 aliphatic heterocycles. The van der Waals surface area contributed by atoms with Crippen molar-refractivity contribution in [2.75, 3.05) is 5.75 Å². The van der Waals surface area contributed by atoms with E-state index >= 15 is 0 Å². The summed E-state index contributed by atoms with van der Waals surface area (Å²) < 4.78 is 1.54. The molecule has 0 spiro atoms. The molecule has 0 saturated carbocycles. The summed E-state index contributed by atoms with van der Waals surface area (Å²) in [4.78, 5) is 16.6. The van der Waals surface area contributed by atoms with Gasteiger partial charge in [0.25, 0.3) is 0 Å². The number of benzene rings is 1. The van der Waals surface area contributed by atoms with Crippen LogP contribution in [0.4, 0.5) is 0 Å². The number of thioether (sulfide) groups is 1. The molecule has 0 aliphatic carbocycles. The number of aryl methyl sites for hydroxylation is 1. The molecule has 7 nitrogen and oxygen atoms in total. The first-order chi connectivity index (χ1) is 11.2. The molecule has 1 aromatic carbocycles. The van der Waals surface area contributed by atoms with Crippen molar-refractivity contribution >= 4 is 29.0 Å². The van der Waals surface area contributed by atoms with Crippen LogP contribution in [0.5, 0.6) is 0 Å². The standard InChI is InChI=1S/C14H14N6OS2/c1-20-14(17-18-19-20)23-9-11(21)16-12(13-15-7-8-22-13)10-5-3-2-4-6-10/h2-8,12H,9H2,1H3,(H,16,21). The summed E-state index contributed by atoms with van der Waals surface area (Å²) in [6, 6.07) is 9.55. The number of rotatable bonds is 6. The van der Waals surface area contributed by atoms with Crippen molar-refractivity contribution in [1.29, 1.82) is 0 Å². The van der Waals surface area contributed by atoms with Gasteiger partial charge >= 0.3 is 0 Å². The summed E-state index contributed by atoms with van der Waals surface area (Å²) in [6.45, 7) is 0. The molecule has 3 aromatic rings. The van der Waals surface area contributed by atoms with Crippen LogP contribution in [0.25, 0.3) is 0 Å². The van der Waals surface area contributed by atoms with Crippen LogP contribution < -0.4 is 5.32 Å². The van der Waals surface area contributed by atoms with Crippen LogP contribution in [0.2, 0.25) is 0 Å². The molecule has 1 N–H and O–H groups in total. The number of nitrogens with one attached hydrogen (secondary N) is 1. The minimum absolute atomic E-state index is 0.0953. The third kappa shape index (κ3) is 3.93. The van der Waals surface area contributed by atoms with E-state index in [1.54, 1.807) is 13.2 Å². The molecule has 0 bridgehead atoms. The van der Waals surface area contributed by atoms with Crippen LogP contribution in [0.3, 0.4) is 0 Å². The molecule has 0 saturated heterocycles. The topological polar surface area (TPSA) is 85.6 Å². The Labute approximate surface area is 141 Å². The fraction of sp³-hybridized carbons (Fsp3) is 0.214. The summed E-state index contributed by atoms with van der Waals surface area (Å²) in [5, 5.41) is 17.5. The van der Waals surface area contributed by atoms with E-state index in [2.05, 4.69) is 25.8 Å². The lowest BCUT2D eigenvalue weighted by Gasteiger charge is -2.16. The van der Waals surface area contributed by atoms with Crippen LogP contribution in [-0.2, 0) is 11.8 Å². The third-order valence-electron chi connectivity index (χ3n) is 3.05. The summed E-state index contributed by atoms with van der Waals surface area (Å²) in [6.07, 6.45) is 1.74. The van der Waals surface area contributed by atoms with Gasteiger partial charge < -0.3 is 5.32 Å². The molecule has 1 unspecified atom stereocenters. The van der Waals surface area contributed by atoms with Gasteiger partial charge in [0.2, 0.25) is 11.1 Å². The average molecular weight is 346 g/mol. The molecule has 23 heavy (non-hydrogen) atoms.